The van der Waals surface area contributed by atoms with Gasteiger partial charge in [0.05, 0.1) is 26.4 Å². The number of benzene rings is 1. The van der Waals surface area contributed by atoms with E-state index in [-0.39, 0.29) is 5.60 Å². The first-order chi connectivity index (χ1) is 11.0. The number of aliphatic imine (C=N–C) groups is 1. The standard InChI is InChI=1S/C17H29N3O3/c1-7-18-16(20-12-17(2,3)23-6)19-11-13-8-9-14(21-4)15(10-13)22-5/h8-10H,7,11-12H2,1-6H3,(H2,18,19,20). The maximum Gasteiger partial charge on any atom is 0.191 e. The van der Waals surface area contributed by atoms with Gasteiger partial charge in [0, 0.05) is 20.2 Å². The van der Waals surface area contributed by atoms with Gasteiger partial charge in [0.15, 0.2) is 17.5 Å². The molecular formula is C17H29N3O3. The van der Waals surface area contributed by atoms with Crippen molar-refractivity contribution in [3.05, 3.63) is 23.8 Å². The second-order valence-electron chi connectivity index (χ2n) is 5.70. The summed E-state index contributed by atoms with van der Waals surface area (Å²) in [5, 5.41) is 6.52. The van der Waals surface area contributed by atoms with Crippen molar-refractivity contribution in [3.8, 4) is 11.5 Å². The van der Waals surface area contributed by atoms with Gasteiger partial charge in [-0.25, -0.2) is 4.99 Å². The molecule has 0 unspecified atom stereocenters. The number of hydrogen-bond acceptors (Lipinski definition) is 4. The van der Waals surface area contributed by atoms with Crippen LogP contribution < -0.4 is 20.1 Å². The third kappa shape index (κ3) is 6.36. The van der Waals surface area contributed by atoms with Crippen LogP contribution in [-0.4, -0.2) is 46.0 Å². The van der Waals surface area contributed by atoms with Crippen molar-refractivity contribution in [1.29, 1.82) is 0 Å². The second-order valence-corrected chi connectivity index (χ2v) is 5.70. The molecule has 0 bridgehead atoms. The van der Waals surface area contributed by atoms with E-state index in [0.29, 0.717) is 24.6 Å². The average Bonchev–Trinajstić information content (AvgIpc) is 2.57. The van der Waals surface area contributed by atoms with Crippen molar-refractivity contribution in [1.82, 2.24) is 10.6 Å². The fourth-order valence-electron chi connectivity index (χ4n) is 1.86. The van der Waals surface area contributed by atoms with Gasteiger partial charge in [-0.15, -0.1) is 0 Å². The number of ether oxygens (including phenoxy) is 3. The minimum Gasteiger partial charge on any atom is -0.493 e. The lowest BCUT2D eigenvalue weighted by molar-refractivity contribution is 0.0268. The van der Waals surface area contributed by atoms with Crippen LogP contribution in [0, 0.1) is 0 Å². The van der Waals surface area contributed by atoms with Crippen LogP contribution in [0.5, 0.6) is 11.5 Å². The van der Waals surface area contributed by atoms with Crippen molar-refractivity contribution in [2.75, 3.05) is 34.4 Å². The van der Waals surface area contributed by atoms with Gasteiger partial charge >= 0.3 is 0 Å². The summed E-state index contributed by atoms with van der Waals surface area (Å²) in [5.41, 5.74) is 0.797. The van der Waals surface area contributed by atoms with Crippen LogP contribution in [0.2, 0.25) is 0 Å². The number of nitrogens with one attached hydrogen (secondary N) is 2. The summed E-state index contributed by atoms with van der Waals surface area (Å²) >= 11 is 0. The van der Waals surface area contributed by atoms with E-state index in [9.17, 15) is 0 Å². The molecule has 23 heavy (non-hydrogen) atoms. The zero-order chi connectivity index (χ0) is 17.3. The van der Waals surface area contributed by atoms with Gasteiger partial charge in [-0.2, -0.15) is 0 Å². The molecule has 1 rings (SSSR count). The molecule has 0 aliphatic carbocycles. The van der Waals surface area contributed by atoms with E-state index in [1.54, 1.807) is 21.3 Å². The van der Waals surface area contributed by atoms with Gasteiger partial charge in [-0.05, 0) is 38.5 Å². The predicted molar refractivity (Wildman–Crippen MR) is 93.5 cm³/mol. The Morgan fingerprint density at radius 3 is 2.35 bits per heavy atom. The zero-order valence-corrected chi connectivity index (χ0v) is 15.0. The highest BCUT2D eigenvalue weighted by molar-refractivity contribution is 5.79. The summed E-state index contributed by atoms with van der Waals surface area (Å²) in [4.78, 5) is 4.59. The van der Waals surface area contributed by atoms with E-state index >= 15 is 0 Å². The Morgan fingerprint density at radius 2 is 1.78 bits per heavy atom. The number of methoxy groups -OCH3 is 3. The molecule has 6 nitrogen and oxygen atoms in total. The fraction of sp³-hybridized carbons (Fsp3) is 0.588. The topological polar surface area (TPSA) is 64.1 Å². The van der Waals surface area contributed by atoms with Crippen molar-refractivity contribution >= 4 is 5.96 Å². The molecule has 130 valence electrons. The first-order valence-electron chi connectivity index (χ1n) is 7.74. The van der Waals surface area contributed by atoms with Gasteiger partial charge in [-0.3, -0.25) is 0 Å². The van der Waals surface area contributed by atoms with E-state index in [1.165, 1.54) is 0 Å². The van der Waals surface area contributed by atoms with Crippen molar-refractivity contribution < 1.29 is 14.2 Å². The molecule has 1 aromatic rings. The van der Waals surface area contributed by atoms with Gasteiger partial charge in [0.25, 0.3) is 0 Å². The highest BCUT2D eigenvalue weighted by Crippen LogP contribution is 2.27. The molecule has 0 atom stereocenters. The molecule has 1 aromatic carbocycles. The Hall–Kier alpha value is -1.95. The number of rotatable bonds is 8. The van der Waals surface area contributed by atoms with Gasteiger partial charge in [-0.1, -0.05) is 6.07 Å². The van der Waals surface area contributed by atoms with Crippen LogP contribution in [0.3, 0.4) is 0 Å². The normalized spacial score (nSPS) is 12.0. The zero-order valence-electron chi connectivity index (χ0n) is 15.0. The summed E-state index contributed by atoms with van der Waals surface area (Å²) < 4.78 is 16.0. The summed E-state index contributed by atoms with van der Waals surface area (Å²) in [6.45, 7) is 8.10. The predicted octanol–water partition coefficient (Wildman–Crippen LogP) is 2.18. The smallest absolute Gasteiger partial charge is 0.191 e. The van der Waals surface area contributed by atoms with E-state index in [0.717, 1.165) is 18.1 Å². The van der Waals surface area contributed by atoms with E-state index in [2.05, 4.69) is 15.6 Å². The van der Waals surface area contributed by atoms with Crippen molar-refractivity contribution in [3.63, 3.8) is 0 Å². The Bertz CT molecular complexity index is 516. The van der Waals surface area contributed by atoms with Crippen LogP contribution in [0.15, 0.2) is 23.2 Å². The summed E-state index contributed by atoms with van der Waals surface area (Å²) in [5.74, 6) is 2.18. The SMILES string of the molecule is CCNC(=NCc1ccc(OC)c(OC)c1)NCC(C)(C)OC. The first kappa shape index (κ1) is 19.1. The Morgan fingerprint density at radius 1 is 1.09 bits per heavy atom. The van der Waals surface area contributed by atoms with Crippen LogP contribution in [-0.2, 0) is 11.3 Å². The highest BCUT2D eigenvalue weighted by Gasteiger charge is 2.16. The molecule has 0 aromatic heterocycles. The highest BCUT2D eigenvalue weighted by atomic mass is 16.5. The van der Waals surface area contributed by atoms with Gasteiger partial charge in [0.2, 0.25) is 0 Å². The molecule has 0 aliphatic rings. The molecule has 0 saturated heterocycles. The molecule has 0 amide bonds. The maximum absolute atomic E-state index is 5.41. The Labute approximate surface area is 139 Å². The van der Waals surface area contributed by atoms with Gasteiger partial charge in [0.1, 0.15) is 0 Å². The largest absolute Gasteiger partial charge is 0.493 e. The lowest BCUT2D eigenvalue weighted by atomic mass is 10.1. The first-order valence-corrected chi connectivity index (χ1v) is 7.74. The molecule has 0 heterocycles. The van der Waals surface area contributed by atoms with Crippen molar-refractivity contribution in [2.24, 2.45) is 4.99 Å². The molecule has 0 saturated carbocycles. The third-order valence-corrected chi connectivity index (χ3v) is 3.45. The molecule has 0 spiro atoms. The second kappa shape index (κ2) is 9.25. The number of guanidine groups is 1. The molecule has 6 heteroatoms. The van der Waals surface area contributed by atoms with Crippen LogP contribution in [0.25, 0.3) is 0 Å². The Balaban J connectivity index is 2.77. The van der Waals surface area contributed by atoms with Crippen molar-refractivity contribution in [2.45, 2.75) is 32.9 Å². The molecule has 0 radical (unpaired) electrons. The van der Waals surface area contributed by atoms with Gasteiger partial charge < -0.3 is 24.8 Å². The minimum atomic E-state index is -0.250. The fourth-order valence-corrected chi connectivity index (χ4v) is 1.86. The summed E-state index contributed by atoms with van der Waals surface area (Å²) in [6, 6.07) is 5.80. The quantitative estimate of drug-likeness (QED) is 0.567. The van der Waals surface area contributed by atoms with Crippen LogP contribution in [0.1, 0.15) is 26.3 Å². The van der Waals surface area contributed by atoms with E-state index < -0.39 is 0 Å². The maximum atomic E-state index is 5.41. The van der Waals surface area contributed by atoms with E-state index in [4.69, 9.17) is 14.2 Å². The minimum absolute atomic E-state index is 0.250. The number of hydrogen-bond donors (Lipinski definition) is 2. The van der Waals surface area contributed by atoms with E-state index in [1.807, 2.05) is 39.0 Å². The van der Waals surface area contributed by atoms with Crippen LogP contribution >= 0.6 is 0 Å². The molecular weight excluding hydrogens is 294 g/mol. The van der Waals surface area contributed by atoms with Crippen LogP contribution in [0.4, 0.5) is 0 Å². The average molecular weight is 323 g/mol. The lowest BCUT2D eigenvalue weighted by Gasteiger charge is -2.24. The monoisotopic (exact) mass is 323 g/mol. The molecule has 0 fully saturated rings. The summed E-state index contributed by atoms with van der Waals surface area (Å²) in [7, 11) is 4.96. The molecule has 0 aliphatic heterocycles. The third-order valence-electron chi connectivity index (χ3n) is 3.45. The lowest BCUT2D eigenvalue weighted by Crippen LogP contribution is -2.45. The number of nitrogens with zero attached hydrogens (tertiary/aromatic N) is 1. The Kier molecular flexibility index (Phi) is 7.68. The summed E-state index contributed by atoms with van der Waals surface area (Å²) in [6.07, 6.45) is 0. The molecule has 2 N–H and O–H groups in total.